The fourth-order valence-electron chi connectivity index (χ4n) is 3.66. The molecular weight excluding hydrogens is 369 g/mol. The highest BCUT2D eigenvalue weighted by atomic mass is 19.4. The van der Waals surface area contributed by atoms with E-state index in [2.05, 4.69) is 5.16 Å². The molecule has 0 spiro atoms. The van der Waals surface area contributed by atoms with Crippen LogP contribution in [-0.2, 0) is 12.6 Å². The highest BCUT2D eigenvalue weighted by Crippen LogP contribution is 2.37. The number of amides is 1. The van der Waals surface area contributed by atoms with E-state index in [1.165, 1.54) is 18.3 Å². The Hall–Kier alpha value is -3.09. The third-order valence-corrected chi connectivity index (χ3v) is 5.08. The largest absolute Gasteiger partial charge is 0.416 e. The van der Waals surface area contributed by atoms with Crippen LogP contribution in [0.2, 0.25) is 0 Å². The normalized spacial score (nSPS) is 16.7. The molecule has 0 radical (unpaired) electrons. The Morgan fingerprint density at radius 1 is 1.14 bits per heavy atom. The number of benzene rings is 2. The lowest BCUT2D eigenvalue weighted by Crippen LogP contribution is -2.40. The number of nitrogens with zero attached hydrogens (tertiary/aromatic N) is 2. The molecule has 4 nitrogen and oxygen atoms in total. The number of rotatable bonds is 2. The van der Waals surface area contributed by atoms with E-state index < -0.39 is 17.8 Å². The van der Waals surface area contributed by atoms with Crippen LogP contribution in [0.5, 0.6) is 0 Å². The van der Waals surface area contributed by atoms with Crippen LogP contribution in [0.15, 0.2) is 59.3 Å². The van der Waals surface area contributed by atoms with Gasteiger partial charge in [0.2, 0.25) is 0 Å². The van der Waals surface area contributed by atoms with E-state index in [0.29, 0.717) is 29.9 Å². The maximum Gasteiger partial charge on any atom is 0.416 e. The van der Waals surface area contributed by atoms with E-state index in [0.717, 1.165) is 23.3 Å². The standard InChI is InChI=1S/C21H17F3N2O2/c1-13-18(12-25-28-13)20(27)26-11-10-14-4-2-3-5-17(14)19(26)15-6-8-16(9-7-15)21(22,23)24/h2-9,12,19H,10-11H2,1H3/t19-/m1/s1. The number of aryl methyl sites for hydroxylation is 1. The summed E-state index contributed by atoms with van der Waals surface area (Å²) in [5.41, 5.74) is 2.27. The second-order valence-electron chi connectivity index (χ2n) is 6.77. The van der Waals surface area contributed by atoms with Gasteiger partial charge in [-0.2, -0.15) is 13.2 Å². The molecule has 7 heteroatoms. The van der Waals surface area contributed by atoms with E-state index in [1.807, 2.05) is 24.3 Å². The van der Waals surface area contributed by atoms with Gasteiger partial charge in [0.15, 0.2) is 0 Å². The average Bonchev–Trinajstić information content (AvgIpc) is 3.12. The Bertz CT molecular complexity index is 1010. The van der Waals surface area contributed by atoms with Crippen LogP contribution in [0.3, 0.4) is 0 Å². The third kappa shape index (κ3) is 3.17. The van der Waals surface area contributed by atoms with E-state index in [-0.39, 0.29) is 5.91 Å². The van der Waals surface area contributed by atoms with Crippen LogP contribution in [0.25, 0.3) is 0 Å². The second kappa shape index (κ2) is 6.82. The minimum Gasteiger partial charge on any atom is -0.361 e. The van der Waals surface area contributed by atoms with E-state index in [1.54, 1.807) is 11.8 Å². The van der Waals surface area contributed by atoms with Crippen LogP contribution >= 0.6 is 0 Å². The van der Waals surface area contributed by atoms with Gasteiger partial charge in [0.1, 0.15) is 11.3 Å². The second-order valence-corrected chi connectivity index (χ2v) is 6.77. The summed E-state index contributed by atoms with van der Waals surface area (Å²) in [7, 11) is 0. The molecule has 0 unspecified atom stereocenters. The Kier molecular flexibility index (Phi) is 4.45. The number of halogens is 3. The lowest BCUT2D eigenvalue weighted by molar-refractivity contribution is -0.137. The highest BCUT2D eigenvalue weighted by molar-refractivity contribution is 5.95. The smallest absolute Gasteiger partial charge is 0.361 e. The zero-order valence-corrected chi connectivity index (χ0v) is 15.0. The number of hydrogen-bond acceptors (Lipinski definition) is 3. The predicted octanol–water partition coefficient (Wildman–Crippen LogP) is 4.79. The van der Waals surface area contributed by atoms with Gasteiger partial charge in [-0.3, -0.25) is 4.79 Å². The maximum atomic E-state index is 13.1. The van der Waals surface area contributed by atoms with Crippen molar-refractivity contribution in [3.63, 3.8) is 0 Å². The molecule has 2 heterocycles. The van der Waals surface area contributed by atoms with Gasteiger partial charge in [-0.15, -0.1) is 0 Å². The lowest BCUT2D eigenvalue weighted by atomic mass is 9.87. The van der Waals surface area contributed by atoms with Crippen molar-refractivity contribution in [1.82, 2.24) is 10.1 Å². The number of alkyl halides is 3. The van der Waals surface area contributed by atoms with Crippen LogP contribution < -0.4 is 0 Å². The fraction of sp³-hybridized carbons (Fsp3) is 0.238. The highest BCUT2D eigenvalue weighted by Gasteiger charge is 2.35. The molecule has 0 fully saturated rings. The first kappa shape index (κ1) is 18.3. The number of carbonyl (C=O) groups excluding carboxylic acids is 1. The molecule has 4 rings (SSSR count). The minimum atomic E-state index is -4.40. The fourth-order valence-corrected chi connectivity index (χ4v) is 3.66. The summed E-state index contributed by atoms with van der Waals surface area (Å²) < 4.78 is 43.9. The number of carbonyl (C=O) groups is 1. The topological polar surface area (TPSA) is 46.3 Å². The molecule has 1 atom stereocenters. The first-order chi connectivity index (χ1) is 13.4. The summed E-state index contributed by atoms with van der Waals surface area (Å²) >= 11 is 0. The van der Waals surface area contributed by atoms with Crippen LogP contribution in [0, 0.1) is 6.92 Å². The molecule has 28 heavy (non-hydrogen) atoms. The first-order valence-corrected chi connectivity index (χ1v) is 8.83. The van der Waals surface area contributed by atoms with Crippen molar-refractivity contribution in [3.8, 4) is 0 Å². The van der Waals surface area contributed by atoms with E-state index in [9.17, 15) is 18.0 Å². The molecule has 1 amide bonds. The van der Waals surface area contributed by atoms with Crippen molar-refractivity contribution >= 4 is 5.91 Å². The van der Waals surface area contributed by atoms with Crippen LogP contribution in [0.4, 0.5) is 13.2 Å². The predicted molar refractivity (Wildman–Crippen MR) is 95.7 cm³/mol. The summed E-state index contributed by atoms with van der Waals surface area (Å²) in [6.45, 7) is 2.11. The van der Waals surface area contributed by atoms with E-state index in [4.69, 9.17) is 4.52 Å². The molecule has 0 saturated heterocycles. The van der Waals surface area contributed by atoms with Gasteiger partial charge in [-0.1, -0.05) is 41.6 Å². The van der Waals surface area contributed by atoms with Gasteiger partial charge in [0.05, 0.1) is 17.8 Å². The molecule has 0 N–H and O–H groups in total. The Morgan fingerprint density at radius 3 is 2.50 bits per heavy atom. The molecule has 1 aliphatic heterocycles. The molecule has 2 aromatic carbocycles. The lowest BCUT2D eigenvalue weighted by Gasteiger charge is -2.37. The van der Waals surface area contributed by atoms with Gasteiger partial charge >= 0.3 is 6.18 Å². The zero-order chi connectivity index (χ0) is 19.9. The molecule has 0 aliphatic carbocycles. The van der Waals surface area contributed by atoms with Crippen LogP contribution in [-0.4, -0.2) is 22.5 Å². The van der Waals surface area contributed by atoms with Crippen molar-refractivity contribution in [2.75, 3.05) is 6.54 Å². The van der Waals surface area contributed by atoms with Crippen LogP contribution in [0.1, 0.15) is 44.4 Å². The monoisotopic (exact) mass is 386 g/mol. The Labute approximate surface area is 159 Å². The number of aromatic nitrogens is 1. The molecule has 1 aliphatic rings. The summed E-state index contributed by atoms with van der Waals surface area (Å²) in [5, 5.41) is 3.67. The number of fused-ring (bicyclic) bond motifs is 1. The Morgan fingerprint density at radius 2 is 1.86 bits per heavy atom. The molecule has 3 aromatic rings. The van der Waals surface area contributed by atoms with Crippen molar-refractivity contribution in [2.24, 2.45) is 0 Å². The van der Waals surface area contributed by atoms with Crippen molar-refractivity contribution in [3.05, 3.63) is 88.3 Å². The Balaban J connectivity index is 1.79. The van der Waals surface area contributed by atoms with Gasteiger partial charge < -0.3 is 9.42 Å². The molecule has 0 saturated carbocycles. The van der Waals surface area contributed by atoms with Gasteiger partial charge in [0.25, 0.3) is 5.91 Å². The summed E-state index contributed by atoms with van der Waals surface area (Å²) in [5.74, 6) is 0.160. The summed E-state index contributed by atoms with van der Waals surface area (Å²) in [4.78, 5) is 14.8. The van der Waals surface area contributed by atoms with Gasteiger partial charge in [-0.05, 0) is 42.2 Å². The maximum absolute atomic E-state index is 13.1. The molecular formula is C21H17F3N2O2. The summed E-state index contributed by atoms with van der Waals surface area (Å²) in [6.07, 6.45) is -2.36. The van der Waals surface area contributed by atoms with Crippen molar-refractivity contribution in [1.29, 1.82) is 0 Å². The average molecular weight is 386 g/mol. The third-order valence-electron chi connectivity index (χ3n) is 5.08. The molecule has 144 valence electrons. The zero-order valence-electron chi connectivity index (χ0n) is 15.0. The molecule has 1 aromatic heterocycles. The van der Waals surface area contributed by atoms with Crippen molar-refractivity contribution in [2.45, 2.75) is 25.6 Å². The van der Waals surface area contributed by atoms with E-state index >= 15 is 0 Å². The minimum absolute atomic E-state index is 0.252. The number of hydrogen-bond donors (Lipinski definition) is 0. The van der Waals surface area contributed by atoms with Gasteiger partial charge in [0, 0.05) is 6.54 Å². The van der Waals surface area contributed by atoms with Crippen molar-refractivity contribution < 1.29 is 22.5 Å². The first-order valence-electron chi connectivity index (χ1n) is 8.83. The quantitative estimate of drug-likeness (QED) is 0.636. The SMILES string of the molecule is Cc1oncc1C(=O)N1CCc2ccccc2[C@H]1c1ccc(C(F)(F)F)cc1. The summed E-state index contributed by atoms with van der Waals surface area (Å²) in [6, 6.07) is 12.2. The van der Waals surface area contributed by atoms with Gasteiger partial charge in [-0.25, -0.2) is 0 Å². The molecule has 0 bridgehead atoms.